The lowest BCUT2D eigenvalue weighted by atomic mass is 9.46. The number of carboxylic acid groups (broad SMARTS) is 1. The maximum absolute atomic E-state index is 12.6. The van der Waals surface area contributed by atoms with Crippen LogP contribution in [-0.4, -0.2) is 79.8 Å². The minimum atomic E-state index is -0.974. The fraction of sp³-hybridized carbons (Fsp3) is 0.893. The molecule has 0 aromatic carbocycles. The molecule has 1 saturated heterocycles. The second-order valence-electron chi connectivity index (χ2n) is 27.0. The maximum Gasteiger partial charge on any atom is 0.327 e. The van der Waals surface area contributed by atoms with Gasteiger partial charge in [0.05, 0.1) is 38.9 Å². The van der Waals surface area contributed by atoms with Crippen molar-refractivity contribution in [3.05, 3.63) is 0 Å². The number of carbonyl (C=O) groups excluding carboxylic acids is 4. The van der Waals surface area contributed by atoms with Gasteiger partial charge < -0.3 is 34.3 Å². The van der Waals surface area contributed by atoms with Crippen LogP contribution >= 0.6 is 0 Å². The molecule has 0 amide bonds. The summed E-state index contributed by atoms with van der Waals surface area (Å²) in [5.41, 5.74) is -5.31. The molecule has 11 aliphatic rings. The summed E-state index contributed by atoms with van der Waals surface area (Å²) < 4.78 is 23.0. The van der Waals surface area contributed by atoms with Crippen LogP contribution in [0.15, 0.2) is 0 Å². The van der Waals surface area contributed by atoms with Crippen LogP contribution in [0.25, 0.3) is 0 Å². The number of nitriles is 1. The third-order valence-electron chi connectivity index (χ3n) is 19.7. The van der Waals surface area contributed by atoms with Crippen LogP contribution in [0.2, 0.25) is 0 Å². The minimum Gasteiger partial charge on any atom is -0.481 e. The van der Waals surface area contributed by atoms with Crippen LogP contribution in [0.1, 0.15) is 213 Å². The Morgan fingerprint density at radius 3 is 1.52 bits per heavy atom. The molecule has 0 aromatic rings. The van der Waals surface area contributed by atoms with Crippen molar-refractivity contribution in [3.63, 3.8) is 0 Å². The molecule has 10 aliphatic carbocycles. The average Bonchev–Trinajstić information content (AvgIpc) is 3.84. The fourth-order valence-corrected chi connectivity index (χ4v) is 14.2. The third kappa shape index (κ3) is 10.5. The molecule has 1 aliphatic heterocycles. The number of hydrogen-bond acceptors (Lipinski definition) is 12. The molecule has 13 nitrogen and oxygen atoms in total. The number of esters is 4. The van der Waals surface area contributed by atoms with Crippen molar-refractivity contribution >= 4 is 29.8 Å². The third-order valence-corrected chi connectivity index (χ3v) is 19.7. The molecule has 10 bridgehead atoms. The lowest BCUT2D eigenvalue weighted by Crippen LogP contribution is -2.67. The first kappa shape index (κ1) is 55.1. The first-order valence-electron chi connectivity index (χ1n) is 26.6. The molecule has 11 rings (SSSR count). The first-order valence-corrected chi connectivity index (χ1v) is 26.6. The second kappa shape index (κ2) is 18.7. The summed E-state index contributed by atoms with van der Waals surface area (Å²) in [5.74, 6) is 1.34. The summed E-state index contributed by atoms with van der Waals surface area (Å²) >= 11 is 0. The number of aliphatic carboxylic acids is 1. The second-order valence-corrected chi connectivity index (χ2v) is 27.0. The van der Waals surface area contributed by atoms with Crippen LogP contribution in [0.4, 0.5) is 0 Å². The fourth-order valence-electron chi connectivity index (χ4n) is 14.2. The Labute approximate surface area is 413 Å². The monoisotopic (exact) mass is 968 g/mol. The van der Waals surface area contributed by atoms with E-state index < -0.39 is 56.5 Å². The Morgan fingerprint density at radius 2 is 1.10 bits per heavy atom. The summed E-state index contributed by atoms with van der Waals surface area (Å²) in [6, 6.07) is 2.15. The van der Waals surface area contributed by atoms with Crippen molar-refractivity contribution in [2.24, 2.45) is 68.0 Å². The van der Waals surface area contributed by atoms with Crippen LogP contribution in [-0.2, 0) is 42.9 Å². The minimum absolute atomic E-state index is 0.00857. The van der Waals surface area contributed by atoms with Gasteiger partial charge in [0, 0.05) is 36.5 Å². The van der Waals surface area contributed by atoms with E-state index in [1.807, 2.05) is 62.3 Å². The topological polar surface area (TPSA) is 207 Å². The van der Waals surface area contributed by atoms with E-state index in [0.29, 0.717) is 38.5 Å². The Balaban J connectivity index is 0.000000158. The number of aliphatic hydroxyl groups is 2. The number of rotatable bonds is 12. The lowest BCUT2D eigenvalue weighted by Gasteiger charge is -2.62. The van der Waals surface area contributed by atoms with Crippen LogP contribution in [0.5, 0.6) is 0 Å². The molecular formula is C56H89NO12. The highest BCUT2D eigenvalue weighted by atomic mass is 16.6. The number of hydrogen-bond donors (Lipinski definition) is 3. The summed E-state index contributed by atoms with van der Waals surface area (Å²) in [7, 11) is 0. The highest BCUT2D eigenvalue weighted by molar-refractivity contribution is 5.85. The zero-order valence-electron chi connectivity index (χ0n) is 44.8. The van der Waals surface area contributed by atoms with Crippen molar-refractivity contribution in [3.8, 4) is 6.07 Å². The van der Waals surface area contributed by atoms with Gasteiger partial charge in [-0.3, -0.25) is 24.0 Å². The van der Waals surface area contributed by atoms with Gasteiger partial charge in [-0.25, -0.2) is 0 Å². The number of nitrogens with zero attached hydrogens (tertiary/aromatic N) is 1. The quantitative estimate of drug-likeness (QED) is 0.123. The van der Waals surface area contributed by atoms with Crippen molar-refractivity contribution < 1.29 is 58.2 Å². The Hall–Kier alpha value is -3.24. The summed E-state index contributed by atoms with van der Waals surface area (Å²) in [6.45, 7) is 27.1. The van der Waals surface area contributed by atoms with E-state index in [2.05, 4.69) is 26.8 Å². The van der Waals surface area contributed by atoms with Crippen molar-refractivity contribution in [2.75, 3.05) is 0 Å². The molecule has 0 radical (unpaired) electrons. The molecule has 7 unspecified atom stereocenters. The highest BCUT2D eigenvalue weighted by Gasteiger charge is 2.72. The van der Waals surface area contributed by atoms with E-state index >= 15 is 0 Å². The first-order chi connectivity index (χ1) is 31.6. The van der Waals surface area contributed by atoms with E-state index in [9.17, 15) is 39.4 Å². The van der Waals surface area contributed by atoms with Crippen molar-refractivity contribution in [1.29, 1.82) is 5.26 Å². The Kier molecular flexibility index (Phi) is 14.9. The van der Waals surface area contributed by atoms with Crippen LogP contribution in [0.3, 0.4) is 0 Å². The number of carboxylic acids is 1. The van der Waals surface area contributed by atoms with Crippen LogP contribution in [0, 0.1) is 79.3 Å². The van der Waals surface area contributed by atoms with Gasteiger partial charge in [-0.1, -0.05) is 27.7 Å². The van der Waals surface area contributed by atoms with Gasteiger partial charge in [-0.2, -0.15) is 5.26 Å². The normalized spacial score (nSPS) is 38.6. The zero-order chi connectivity index (χ0) is 51.8. The molecule has 10 saturated carbocycles. The SMILES string of the molecule is CCC(C)(C)C(=O)O.CCC(C)(C)C(=O)OC(C)(C)C12CC3CC(CC(C3)C1)C2.CCC(C)(C)C(=O)OC12CC3CC(O)(CC(O)(C3)C1)C2.CCC(C)(C)C(=O)OC1C2CC3C1OC(=O)C3(C#N)C2. The average molecular weight is 968 g/mol. The van der Waals surface area contributed by atoms with E-state index in [-0.39, 0.29) is 58.2 Å². The van der Waals surface area contributed by atoms with Gasteiger partial charge in [0.15, 0.2) is 5.41 Å². The van der Waals surface area contributed by atoms with E-state index in [0.717, 1.165) is 56.3 Å². The van der Waals surface area contributed by atoms with Gasteiger partial charge in [-0.05, 0) is 189 Å². The standard InChI is InChI=1S/C19H32O2.C16H26O4.C15H19NO4.C6H12O2/c1-6-17(2,3)16(20)21-18(4,5)19-10-13-7-14(11-19)9-15(8-13)12-19;1-4-13(2,3)12(17)20-16-7-11-5-14(18,9-16)8-15(19,6-11)10-16;1-4-14(2,3)12(17)19-10-8-5-9-11(10)20-13(18)15(9,6-8)7-16;1-4-6(2,3)5(7)8/h13-15H,6-12H2,1-5H3;11,18-19H,4-10H2,1-3H3;8-11H,4-6H2,1-3H3;4H2,1-3H3,(H,7,8). The molecule has 11 fully saturated rings. The lowest BCUT2D eigenvalue weighted by molar-refractivity contribution is -0.264. The zero-order valence-corrected chi connectivity index (χ0v) is 44.8. The van der Waals surface area contributed by atoms with Gasteiger partial charge in [0.1, 0.15) is 23.4 Å². The van der Waals surface area contributed by atoms with Crippen molar-refractivity contribution in [1.82, 2.24) is 0 Å². The molecular weight excluding hydrogens is 879 g/mol. The molecule has 7 atom stereocenters. The molecule has 0 aromatic heterocycles. The molecule has 69 heavy (non-hydrogen) atoms. The van der Waals surface area contributed by atoms with Gasteiger partial charge in [0.25, 0.3) is 0 Å². The smallest absolute Gasteiger partial charge is 0.327 e. The van der Waals surface area contributed by atoms with Crippen molar-refractivity contribution in [2.45, 2.75) is 247 Å². The predicted octanol–water partition coefficient (Wildman–Crippen LogP) is 10.4. The van der Waals surface area contributed by atoms with E-state index in [1.54, 1.807) is 13.8 Å². The number of ether oxygens (including phenoxy) is 4. The number of fused-ring (bicyclic) bond motifs is 1. The largest absolute Gasteiger partial charge is 0.481 e. The molecule has 0 spiro atoms. The highest BCUT2D eigenvalue weighted by Crippen LogP contribution is 2.65. The Morgan fingerprint density at radius 1 is 0.638 bits per heavy atom. The maximum atomic E-state index is 12.6. The van der Waals surface area contributed by atoms with Gasteiger partial charge in [-0.15, -0.1) is 0 Å². The Bertz CT molecular complexity index is 1970. The van der Waals surface area contributed by atoms with E-state index in [4.69, 9.17) is 24.1 Å². The van der Waals surface area contributed by atoms with Crippen LogP contribution < -0.4 is 0 Å². The van der Waals surface area contributed by atoms with Gasteiger partial charge >= 0.3 is 29.8 Å². The number of carbonyl (C=O) groups is 5. The molecule has 13 heteroatoms. The predicted molar refractivity (Wildman–Crippen MR) is 259 cm³/mol. The molecule has 390 valence electrons. The summed E-state index contributed by atoms with van der Waals surface area (Å²) in [6.07, 6.45) is 15.2. The summed E-state index contributed by atoms with van der Waals surface area (Å²) in [5, 5.41) is 39.1. The molecule has 3 N–H and O–H groups in total. The molecule has 1 heterocycles. The van der Waals surface area contributed by atoms with E-state index in [1.165, 1.54) is 38.5 Å². The van der Waals surface area contributed by atoms with Gasteiger partial charge in [0.2, 0.25) is 0 Å². The summed E-state index contributed by atoms with van der Waals surface area (Å²) in [4.78, 5) is 59.4.